The van der Waals surface area contributed by atoms with E-state index in [0.29, 0.717) is 28.3 Å². The number of halogens is 4. The number of pyridine rings is 1. The van der Waals surface area contributed by atoms with Gasteiger partial charge in [-0.1, -0.05) is 23.2 Å². The van der Waals surface area contributed by atoms with Gasteiger partial charge in [0, 0.05) is 17.1 Å². The highest BCUT2D eigenvalue weighted by Gasteiger charge is 2.32. The fraction of sp³-hybridized carbons (Fsp3) is 0.211. The summed E-state index contributed by atoms with van der Waals surface area (Å²) in [5.41, 5.74) is 0.266. The van der Waals surface area contributed by atoms with E-state index in [-0.39, 0.29) is 5.13 Å². The second-order valence-corrected chi connectivity index (χ2v) is 7.56. The van der Waals surface area contributed by atoms with Crippen LogP contribution < -0.4 is 15.6 Å². The van der Waals surface area contributed by atoms with Crippen LogP contribution in [-0.2, 0) is 17.5 Å². The van der Waals surface area contributed by atoms with Crippen LogP contribution in [0.2, 0.25) is 5.02 Å². The van der Waals surface area contributed by atoms with Gasteiger partial charge >= 0.3 is 6.18 Å². The number of nitrogens with one attached hydrogen (secondary N) is 1. The summed E-state index contributed by atoms with van der Waals surface area (Å²) in [7, 11) is 1.53. The molecule has 1 aromatic carbocycles. The maximum absolute atomic E-state index is 12.9. The number of ether oxygens (including phenoxy) is 1. The largest absolute Gasteiger partial charge is 0.496 e. The summed E-state index contributed by atoms with van der Waals surface area (Å²) in [5.74, 6) is -0.112. The van der Waals surface area contributed by atoms with E-state index in [4.69, 9.17) is 16.3 Å². The third kappa shape index (κ3) is 4.82. The first-order valence-corrected chi connectivity index (χ1v) is 9.72. The zero-order chi connectivity index (χ0) is 22.1. The van der Waals surface area contributed by atoms with Gasteiger partial charge in [-0.3, -0.25) is 9.59 Å². The first-order chi connectivity index (χ1) is 14.1. The number of aromatic nitrogens is 2. The second-order valence-electron chi connectivity index (χ2n) is 6.30. The maximum atomic E-state index is 12.9. The Balaban J connectivity index is 1.80. The summed E-state index contributed by atoms with van der Waals surface area (Å²) in [6.07, 6.45) is -4.15. The quantitative estimate of drug-likeness (QED) is 0.607. The van der Waals surface area contributed by atoms with Crippen LogP contribution in [0.4, 0.5) is 18.3 Å². The van der Waals surface area contributed by atoms with E-state index >= 15 is 0 Å². The van der Waals surface area contributed by atoms with Crippen molar-refractivity contribution < 1.29 is 22.7 Å². The maximum Gasteiger partial charge on any atom is 0.417 e. The standard InChI is InChI=1S/C19H15ClF3N3O3S/c1-10-3-4-15(29-2)12(5-10)14-9-30-18(24-14)25-16(27)8-26-7-11(19(21,22)23)6-13(20)17(26)28/h3-7,9H,8H2,1-2H3,(H,24,25,27). The van der Waals surface area contributed by atoms with Gasteiger partial charge in [0.15, 0.2) is 5.13 Å². The van der Waals surface area contributed by atoms with E-state index in [1.54, 1.807) is 11.4 Å². The molecular weight excluding hydrogens is 443 g/mol. The minimum absolute atomic E-state index is 0.227. The predicted octanol–water partition coefficient (Wildman–Crippen LogP) is 4.60. The Morgan fingerprint density at radius 2 is 2.07 bits per heavy atom. The lowest BCUT2D eigenvalue weighted by Crippen LogP contribution is -2.29. The molecule has 0 aliphatic heterocycles. The van der Waals surface area contributed by atoms with Gasteiger partial charge in [0.05, 0.1) is 18.4 Å². The van der Waals surface area contributed by atoms with Gasteiger partial charge in [0.1, 0.15) is 17.3 Å². The van der Waals surface area contributed by atoms with Crippen LogP contribution in [0.25, 0.3) is 11.3 Å². The number of hydrogen-bond acceptors (Lipinski definition) is 5. The van der Waals surface area contributed by atoms with Gasteiger partial charge in [-0.15, -0.1) is 11.3 Å². The molecule has 0 radical (unpaired) electrons. The van der Waals surface area contributed by atoms with Crippen molar-refractivity contribution in [3.8, 4) is 17.0 Å². The van der Waals surface area contributed by atoms with Gasteiger partial charge in [0.25, 0.3) is 5.56 Å². The molecule has 3 aromatic rings. The predicted molar refractivity (Wildman–Crippen MR) is 108 cm³/mol. The lowest BCUT2D eigenvalue weighted by Gasteiger charge is -2.11. The van der Waals surface area contributed by atoms with Gasteiger partial charge < -0.3 is 14.6 Å². The number of benzene rings is 1. The first-order valence-electron chi connectivity index (χ1n) is 8.46. The molecule has 1 N–H and O–H groups in total. The van der Waals surface area contributed by atoms with Crippen LogP contribution in [0.1, 0.15) is 11.1 Å². The summed E-state index contributed by atoms with van der Waals surface area (Å²) in [6.45, 7) is 1.26. The number of rotatable bonds is 5. The highest BCUT2D eigenvalue weighted by atomic mass is 35.5. The Labute approximate surface area is 177 Å². The molecule has 11 heteroatoms. The number of carbonyl (C=O) groups excluding carboxylic acids is 1. The average molecular weight is 458 g/mol. The molecule has 1 amide bonds. The second kappa shape index (κ2) is 8.49. The number of amides is 1. The summed E-state index contributed by atoms with van der Waals surface area (Å²) >= 11 is 6.72. The summed E-state index contributed by atoms with van der Waals surface area (Å²) in [6, 6.07) is 6.09. The molecule has 0 atom stereocenters. The number of thiazole rings is 1. The minimum Gasteiger partial charge on any atom is -0.496 e. The van der Waals surface area contributed by atoms with Crippen molar-refractivity contribution in [3.05, 3.63) is 62.3 Å². The zero-order valence-electron chi connectivity index (χ0n) is 15.7. The molecule has 0 bridgehead atoms. The van der Waals surface area contributed by atoms with Crippen LogP contribution in [-0.4, -0.2) is 22.6 Å². The van der Waals surface area contributed by atoms with E-state index in [2.05, 4.69) is 10.3 Å². The lowest BCUT2D eigenvalue weighted by atomic mass is 10.1. The molecule has 0 saturated heterocycles. The Kier molecular flexibility index (Phi) is 6.18. The molecule has 0 saturated carbocycles. The van der Waals surface area contributed by atoms with Gasteiger partial charge in [-0.2, -0.15) is 13.2 Å². The number of carbonyl (C=O) groups is 1. The van der Waals surface area contributed by atoms with E-state index in [1.165, 1.54) is 7.11 Å². The molecule has 0 unspecified atom stereocenters. The zero-order valence-corrected chi connectivity index (χ0v) is 17.3. The van der Waals surface area contributed by atoms with Crippen molar-refractivity contribution in [2.75, 3.05) is 12.4 Å². The average Bonchev–Trinajstić information content (AvgIpc) is 3.12. The molecule has 6 nitrogen and oxygen atoms in total. The fourth-order valence-electron chi connectivity index (χ4n) is 2.66. The fourth-order valence-corrected chi connectivity index (χ4v) is 3.61. The number of hydrogen-bond donors (Lipinski definition) is 1. The molecule has 0 spiro atoms. The van der Waals surface area contributed by atoms with Crippen molar-refractivity contribution in [1.29, 1.82) is 0 Å². The molecule has 0 aliphatic rings. The van der Waals surface area contributed by atoms with Crippen LogP contribution >= 0.6 is 22.9 Å². The number of alkyl halides is 3. The number of anilines is 1. The lowest BCUT2D eigenvalue weighted by molar-refractivity contribution is -0.138. The molecular formula is C19H15ClF3N3O3S. The first kappa shape index (κ1) is 21.8. The van der Waals surface area contributed by atoms with Crippen LogP contribution in [0.3, 0.4) is 0 Å². The summed E-state index contributed by atoms with van der Waals surface area (Å²) < 4.78 is 44.7. The highest BCUT2D eigenvalue weighted by Crippen LogP contribution is 2.33. The van der Waals surface area contributed by atoms with Crippen molar-refractivity contribution in [1.82, 2.24) is 9.55 Å². The summed E-state index contributed by atoms with van der Waals surface area (Å²) in [5, 5.41) is 3.79. The molecule has 2 heterocycles. The van der Waals surface area contributed by atoms with E-state index in [0.717, 1.165) is 22.5 Å². The molecule has 30 heavy (non-hydrogen) atoms. The Bertz CT molecular complexity index is 1160. The third-order valence-corrected chi connectivity index (χ3v) is 5.09. The van der Waals surface area contributed by atoms with Crippen molar-refractivity contribution in [2.24, 2.45) is 0 Å². The molecule has 0 fully saturated rings. The monoisotopic (exact) mass is 457 g/mol. The van der Waals surface area contributed by atoms with E-state index in [9.17, 15) is 22.8 Å². The minimum atomic E-state index is -4.70. The van der Waals surface area contributed by atoms with Crippen LogP contribution in [0.15, 0.2) is 40.6 Å². The van der Waals surface area contributed by atoms with Crippen molar-refractivity contribution >= 4 is 34.0 Å². The summed E-state index contributed by atoms with van der Waals surface area (Å²) in [4.78, 5) is 28.6. The van der Waals surface area contributed by atoms with Gasteiger partial charge in [0.2, 0.25) is 5.91 Å². The third-order valence-electron chi connectivity index (χ3n) is 4.07. The van der Waals surface area contributed by atoms with Crippen molar-refractivity contribution in [3.63, 3.8) is 0 Å². The van der Waals surface area contributed by atoms with Crippen LogP contribution in [0, 0.1) is 6.92 Å². The Morgan fingerprint density at radius 1 is 1.33 bits per heavy atom. The number of aryl methyl sites for hydroxylation is 1. The molecule has 158 valence electrons. The smallest absolute Gasteiger partial charge is 0.417 e. The molecule has 2 aromatic heterocycles. The number of methoxy groups -OCH3 is 1. The topological polar surface area (TPSA) is 73.2 Å². The van der Waals surface area contributed by atoms with Crippen molar-refractivity contribution in [2.45, 2.75) is 19.6 Å². The molecule has 3 rings (SSSR count). The normalized spacial score (nSPS) is 11.4. The van der Waals surface area contributed by atoms with Gasteiger partial charge in [-0.25, -0.2) is 4.98 Å². The van der Waals surface area contributed by atoms with E-state index < -0.39 is 34.8 Å². The van der Waals surface area contributed by atoms with Gasteiger partial charge in [-0.05, 0) is 25.1 Å². The highest BCUT2D eigenvalue weighted by molar-refractivity contribution is 7.14. The number of nitrogens with zero attached hydrogens (tertiary/aromatic N) is 2. The van der Waals surface area contributed by atoms with Crippen LogP contribution in [0.5, 0.6) is 5.75 Å². The SMILES string of the molecule is COc1ccc(C)cc1-c1csc(NC(=O)Cn2cc(C(F)(F)F)cc(Cl)c2=O)n1. The Morgan fingerprint density at radius 3 is 2.73 bits per heavy atom. The Hall–Kier alpha value is -2.85. The molecule has 0 aliphatic carbocycles. The van der Waals surface area contributed by atoms with E-state index in [1.807, 2.05) is 19.1 Å².